The van der Waals surface area contributed by atoms with Gasteiger partial charge in [0.2, 0.25) is 0 Å². The second-order valence-corrected chi connectivity index (χ2v) is 4.51. The van der Waals surface area contributed by atoms with Crippen LogP contribution in [0.5, 0.6) is 0 Å². The number of carbonyl (C=O) groups excluding carboxylic acids is 1. The van der Waals surface area contributed by atoms with Gasteiger partial charge in [-0.1, -0.05) is 6.92 Å². The van der Waals surface area contributed by atoms with Crippen molar-refractivity contribution < 1.29 is 9.53 Å². The molecule has 0 N–H and O–H groups in total. The molecule has 0 spiro atoms. The molecule has 0 amide bonds. The van der Waals surface area contributed by atoms with E-state index < -0.39 is 0 Å². The van der Waals surface area contributed by atoms with Crippen LogP contribution in [0, 0.1) is 5.92 Å². The summed E-state index contributed by atoms with van der Waals surface area (Å²) in [4.78, 5) is 11.9. The summed E-state index contributed by atoms with van der Waals surface area (Å²) in [5.41, 5.74) is 0.623. The number of hydrogen-bond donors (Lipinski definition) is 0. The first-order chi connectivity index (χ1) is 7.06. The van der Waals surface area contributed by atoms with Crippen LogP contribution in [-0.2, 0) is 11.8 Å². The van der Waals surface area contributed by atoms with Gasteiger partial charge in [-0.3, -0.25) is 9.48 Å². The van der Waals surface area contributed by atoms with Gasteiger partial charge in [0.05, 0.1) is 10.7 Å². The molecule has 1 unspecified atom stereocenters. The fraction of sp³-hybridized carbons (Fsp3) is 0.600. The molecule has 1 aromatic heterocycles. The van der Waals surface area contributed by atoms with Gasteiger partial charge in [-0.25, -0.2) is 0 Å². The largest absolute Gasteiger partial charge is 0.384 e. The van der Waals surface area contributed by atoms with Crippen molar-refractivity contribution in [3.63, 3.8) is 0 Å². The number of methoxy groups -OCH3 is 1. The summed E-state index contributed by atoms with van der Waals surface area (Å²) in [7, 11) is 3.40. The first-order valence-electron chi connectivity index (χ1n) is 4.76. The summed E-state index contributed by atoms with van der Waals surface area (Å²) in [6.45, 7) is 2.59. The second-order valence-electron chi connectivity index (χ2n) is 3.65. The van der Waals surface area contributed by atoms with Crippen molar-refractivity contribution in [3.8, 4) is 0 Å². The molecule has 0 saturated carbocycles. The van der Waals surface area contributed by atoms with Gasteiger partial charge in [0.15, 0.2) is 5.78 Å². The predicted molar refractivity (Wildman–Crippen MR) is 60.9 cm³/mol. The predicted octanol–water partition coefficient (Wildman–Crippen LogP) is 2.04. The number of nitrogens with zero attached hydrogens (tertiary/aromatic N) is 2. The van der Waals surface area contributed by atoms with E-state index in [2.05, 4.69) is 21.0 Å². The Labute approximate surface area is 97.7 Å². The molecule has 84 valence electrons. The van der Waals surface area contributed by atoms with Crippen molar-refractivity contribution in [2.75, 3.05) is 13.7 Å². The molecule has 0 bridgehead atoms. The number of halogens is 1. The Morgan fingerprint density at radius 1 is 1.73 bits per heavy atom. The number of rotatable bonds is 5. The first kappa shape index (κ1) is 12.4. The van der Waals surface area contributed by atoms with Crippen molar-refractivity contribution in [3.05, 3.63) is 16.4 Å². The average molecular weight is 275 g/mol. The molecule has 1 aromatic rings. The van der Waals surface area contributed by atoms with Crippen molar-refractivity contribution in [2.24, 2.45) is 13.0 Å². The highest BCUT2D eigenvalue weighted by Gasteiger charge is 2.17. The van der Waals surface area contributed by atoms with Gasteiger partial charge in [-0.15, -0.1) is 0 Å². The highest BCUT2D eigenvalue weighted by Crippen LogP contribution is 2.18. The van der Waals surface area contributed by atoms with Crippen molar-refractivity contribution in [2.45, 2.75) is 13.3 Å². The number of Topliss-reactive ketones (excluding diaryl/α,β-unsaturated/α-hetero) is 1. The summed E-state index contributed by atoms with van der Waals surface area (Å²) in [6.07, 6.45) is 2.11. The van der Waals surface area contributed by atoms with Crippen LogP contribution in [-0.4, -0.2) is 29.3 Å². The molecule has 0 aliphatic rings. The molecule has 5 heteroatoms. The molecular weight excluding hydrogens is 260 g/mol. The molecule has 15 heavy (non-hydrogen) atoms. The fourth-order valence-corrected chi connectivity index (χ4v) is 2.05. The molecule has 1 atom stereocenters. The number of ketones is 1. The summed E-state index contributed by atoms with van der Waals surface area (Å²) in [6, 6.07) is 0. The summed E-state index contributed by atoms with van der Waals surface area (Å²) < 4.78 is 7.33. The van der Waals surface area contributed by atoms with Gasteiger partial charge in [-0.05, 0) is 21.8 Å². The van der Waals surface area contributed by atoms with E-state index in [1.165, 1.54) is 0 Å². The maximum atomic E-state index is 11.9. The van der Waals surface area contributed by atoms with Crippen molar-refractivity contribution in [1.82, 2.24) is 9.78 Å². The Hall–Kier alpha value is -0.680. The Morgan fingerprint density at radius 3 is 2.87 bits per heavy atom. The van der Waals surface area contributed by atoms with Gasteiger partial charge in [0.25, 0.3) is 0 Å². The lowest BCUT2D eigenvalue weighted by Crippen LogP contribution is -2.14. The van der Waals surface area contributed by atoms with E-state index in [9.17, 15) is 4.79 Å². The van der Waals surface area contributed by atoms with E-state index in [-0.39, 0.29) is 11.7 Å². The van der Waals surface area contributed by atoms with Gasteiger partial charge >= 0.3 is 0 Å². The third-order valence-corrected chi connectivity index (χ3v) is 2.72. The minimum absolute atomic E-state index is 0.0893. The Kier molecular flexibility index (Phi) is 4.47. The second kappa shape index (κ2) is 5.42. The highest BCUT2D eigenvalue weighted by molar-refractivity contribution is 9.10. The minimum atomic E-state index is 0.0893. The van der Waals surface area contributed by atoms with Crippen LogP contribution in [0.2, 0.25) is 0 Å². The van der Waals surface area contributed by atoms with E-state index in [1.807, 2.05) is 6.92 Å². The molecule has 0 saturated heterocycles. The molecule has 0 fully saturated rings. The Balaban J connectivity index is 2.69. The average Bonchev–Trinajstić information content (AvgIpc) is 2.46. The lowest BCUT2D eigenvalue weighted by atomic mass is 10.0. The number of aromatic nitrogens is 2. The zero-order chi connectivity index (χ0) is 11.4. The lowest BCUT2D eigenvalue weighted by molar-refractivity contribution is 0.0910. The number of hydrogen-bond acceptors (Lipinski definition) is 3. The van der Waals surface area contributed by atoms with E-state index in [0.29, 0.717) is 18.7 Å². The van der Waals surface area contributed by atoms with E-state index in [4.69, 9.17) is 4.74 Å². The quantitative estimate of drug-likeness (QED) is 0.772. The van der Waals surface area contributed by atoms with Crippen LogP contribution in [0.15, 0.2) is 10.7 Å². The summed E-state index contributed by atoms with van der Waals surface area (Å²) >= 11 is 3.31. The fourth-order valence-electron chi connectivity index (χ4n) is 1.48. The summed E-state index contributed by atoms with van der Waals surface area (Å²) in [5.74, 6) is 0.315. The van der Waals surface area contributed by atoms with E-state index >= 15 is 0 Å². The van der Waals surface area contributed by atoms with Gasteiger partial charge in [-0.2, -0.15) is 5.10 Å². The van der Waals surface area contributed by atoms with Crippen LogP contribution >= 0.6 is 15.9 Å². The standard InChI is InChI=1S/C10H15BrN2O2/c1-7(6-15-3)4-9(14)10-8(11)5-12-13(10)2/h5,7H,4,6H2,1-3H3. The van der Waals surface area contributed by atoms with Crippen LogP contribution < -0.4 is 0 Å². The normalized spacial score (nSPS) is 12.8. The van der Waals surface area contributed by atoms with Gasteiger partial charge < -0.3 is 4.74 Å². The Morgan fingerprint density at radius 2 is 2.40 bits per heavy atom. The first-order valence-corrected chi connectivity index (χ1v) is 5.55. The van der Waals surface area contributed by atoms with Gasteiger partial charge in [0.1, 0.15) is 5.69 Å². The number of ether oxygens (including phenoxy) is 1. The van der Waals surface area contributed by atoms with Crippen LogP contribution in [0.25, 0.3) is 0 Å². The van der Waals surface area contributed by atoms with Crippen LogP contribution in [0.3, 0.4) is 0 Å². The topological polar surface area (TPSA) is 44.1 Å². The third-order valence-electron chi connectivity index (χ3n) is 2.14. The maximum absolute atomic E-state index is 11.9. The molecule has 0 aromatic carbocycles. The van der Waals surface area contributed by atoms with Crippen molar-refractivity contribution >= 4 is 21.7 Å². The number of carbonyl (C=O) groups is 1. The lowest BCUT2D eigenvalue weighted by Gasteiger charge is -2.09. The zero-order valence-corrected chi connectivity index (χ0v) is 10.7. The molecule has 0 aliphatic carbocycles. The minimum Gasteiger partial charge on any atom is -0.384 e. The smallest absolute Gasteiger partial charge is 0.182 e. The molecule has 4 nitrogen and oxygen atoms in total. The molecule has 1 rings (SSSR count). The zero-order valence-electron chi connectivity index (χ0n) is 9.16. The Bertz CT molecular complexity index is 330. The molecular formula is C10H15BrN2O2. The molecule has 1 heterocycles. The monoisotopic (exact) mass is 274 g/mol. The van der Waals surface area contributed by atoms with Crippen LogP contribution in [0.4, 0.5) is 0 Å². The third kappa shape index (κ3) is 3.14. The maximum Gasteiger partial charge on any atom is 0.182 e. The number of aryl methyl sites for hydroxylation is 1. The summed E-state index contributed by atoms with van der Waals surface area (Å²) in [5, 5.41) is 4.01. The van der Waals surface area contributed by atoms with Gasteiger partial charge in [0, 0.05) is 27.2 Å². The molecule has 0 radical (unpaired) electrons. The SMILES string of the molecule is COCC(C)CC(=O)c1c(Br)cnn1C. The molecule has 0 aliphatic heterocycles. The van der Waals surface area contributed by atoms with E-state index in [1.54, 1.807) is 25.0 Å². The van der Waals surface area contributed by atoms with Crippen LogP contribution in [0.1, 0.15) is 23.8 Å². The highest BCUT2D eigenvalue weighted by atomic mass is 79.9. The van der Waals surface area contributed by atoms with Crippen molar-refractivity contribution in [1.29, 1.82) is 0 Å². The van der Waals surface area contributed by atoms with E-state index in [0.717, 1.165) is 4.47 Å².